The first-order valence-electron chi connectivity index (χ1n) is 11.4. The first-order chi connectivity index (χ1) is 16.8. The van der Waals surface area contributed by atoms with Gasteiger partial charge in [-0.1, -0.05) is 0 Å². The highest BCUT2D eigenvalue weighted by molar-refractivity contribution is 6.14. The fraction of sp³-hybridized carbons (Fsp3) is 0.391. The minimum absolute atomic E-state index is 0.0237. The van der Waals surface area contributed by atoms with E-state index in [0.717, 1.165) is 0 Å². The van der Waals surface area contributed by atoms with Gasteiger partial charge in [0.25, 0.3) is 0 Å². The van der Waals surface area contributed by atoms with Crippen LogP contribution in [0.3, 0.4) is 0 Å². The number of alkyl halides is 1. The van der Waals surface area contributed by atoms with Crippen LogP contribution in [0.1, 0.15) is 18.9 Å². The number of hydrogen-bond acceptors (Lipinski definition) is 9. The van der Waals surface area contributed by atoms with Crippen molar-refractivity contribution in [2.45, 2.75) is 25.2 Å². The van der Waals surface area contributed by atoms with Gasteiger partial charge in [-0.05, 0) is 19.1 Å². The average molecular weight is 482 g/mol. The van der Waals surface area contributed by atoms with Gasteiger partial charge >= 0.3 is 6.01 Å². The fourth-order valence-electron chi connectivity index (χ4n) is 5.14. The van der Waals surface area contributed by atoms with E-state index >= 15 is 0 Å². The van der Waals surface area contributed by atoms with E-state index in [9.17, 15) is 13.9 Å². The number of hydrogen-bond donors (Lipinski definition) is 4. The lowest BCUT2D eigenvalue weighted by atomic mass is 9.70. The maximum absolute atomic E-state index is 14.5. The zero-order valence-corrected chi connectivity index (χ0v) is 19.0. The molecule has 0 bridgehead atoms. The van der Waals surface area contributed by atoms with Crippen molar-refractivity contribution in [1.82, 2.24) is 24.9 Å². The second-order valence-corrected chi connectivity index (χ2v) is 9.11. The Morgan fingerprint density at radius 1 is 1.23 bits per heavy atom. The van der Waals surface area contributed by atoms with E-state index in [1.54, 1.807) is 14.0 Å². The largest absolute Gasteiger partial charge is 0.421 e. The quantitative estimate of drug-likeness (QED) is 0.338. The minimum atomic E-state index is -1.06. The van der Waals surface area contributed by atoms with Crippen molar-refractivity contribution in [2.75, 3.05) is 30.4 Å². The second kappa shape index (κ2) is 7.95. The van der Waals surface area contributed by atoms with E-state index in [-0.39, 0.29) is 29.4 Å². The van der Waals surface area contributed by atoms with Crippen LogP contribution in [0.2, 0.25) is 0 Å². The number of ether oxygens (including phenoxy) is 1. The Morgan fingerprint density at radius 2 is 1.97 bits per heavy atom. The molecule has 182 valence electrons. The van der Waals surface area contributed by atoms with Crippen LogP contribution < -0.4 is 20.7 Å². The van der Waals surface area contributed by atoms with Crippen molar-refractivity contribution < 1.29 is 18.6 Å². The highest BCUT2D eigenvalue weighted by Gasteiger charge is 2.54. The summed E-state index contributed by atoms with van der Waals surface area (Å²) in [6, 6.07) is 2.35. The van der Waals surface area contributed by atoms with Gasteiger partial charge in [-0.15, -0.1) is 0 Å². The number of fused-ring (bicyclic) bond motifs is 4. The summed E-state index contributed by atoms with van der Waals surface area (Å²) in [7, 11) is 1.71. The number of aromatic nitrogens is 5. The number of H-pyrrole nitrogens is 1. The molecular weight excluding hydrogens is 458 g/mol. The lowest BCUT2D eigenvalue weighted by Crippen LogP contribution is -2.57. The summed E-state index contributed by atoms with van der Waals surface area (Å²) in [5, 5.41) is 13.9. The number of aliphatic hydroxyl groups excluding tert-OH is 1. The minimum Gasteiger partial charge on any atom is -0.421 e. The first-order valence-corrected chi connectivity index (χ1v) is 11.4. The average Bonchev–Trinajstić information content (AvgIpc) is 3.43. The van der Waals surface area contributed by atoms with Gasteiger partial charge in [-0.25, -0.2) is 18.7 Å². The third-order valence-corrected chi connectivity index (χ3v) is 6.97. The summed E-state index contributed by atoms with van der Waals surface area (Å²) in [5.41, 5.74) is 7.69. The van der Waals surface area contributed by atoms with Crippen LogP contribution in [0, 0.1) is 17.7 Å². The van der Waals surface area contributed by atoms with E-state index < -0.39 is 24.1 Å². The molecule has 4 heterocycles. The van der Waals surface area contributed by atoms with E-state index in [2.05, 4.69) is 30.2 Å². The Hall–Kier alpha value is -3.64. The number of rotatable bonds is 5. The van der Waals surface area contributed by atoms with Crippen LogP contribution in [0.4, 0.5) is 20.3 Å². The van der Waals surface area contributed by atoms with Crippen molar-refractivity contribution in [1.29, 1.82) is 0 Å². The van der Waals surface area contributed by atoms with Gasteiger partial charge in [0, 0.05) is 43.4 Å². The molecule has 0 spiro atoms. The van der Waals surface area contributed by atoms with E-state index in [1.807, 2.05) is 4.90 Å². The predicted octanol–water partition coefficient (Wildman–Crippen LogP) is 2.66. The van der Waals surface area contributed by atoms with E-state index in [1.165, 1.54) is 24.5 Å². The number of nitrogens with zero attached hydrogens (tertiary/aromatic N) is 5. The van der Waals surface area contributed by atoms with Crippen LogP contribution in [-0.2, 0) is 0 Å². The standard InChI is InChI=1S/C23H24F2N8O2/c1-9(34)20-28-5-11(6-29-20)35-23-31-21-16(12-3-10(24)4-15(27-2)19(12)30-21)22(32-23)33-7-13-14(8-33)18(26)17(13)25/h3-6,9,13-14,17-18,27,34H,7-8,26H2,1-2H3,(H,30,31,32)/t9?,13-,14+,17?,18+/m1/s1. The summed E-state index contributed by atoms with van der Waals surface area (Å²) < 4.78 is 34.7. The smallest absolute Gasteiger partial charge is 0.326 e. The van der Waals surface area contributed by atoms with Crippen LogP contribution >= 0.6 is 0 Å². The molecule has 1 saturated heterocycles. The molecule has 2 aliphatic rings. The molecule has 1 saturated carbocycles. The van der Waals surface area contributed by atoms with Crippen molar-refractivity contribution in [3.63, 3.8) is 0 Å². The molecule has 35 heavy (non-hydrogen) atoms. The van der Waals surface area contributed by atoms with Crippen molar-refractivity contribution >= 4 is 33.4 Å². The third kappa shape index (κ3) is 3.43. The Morgan fingerprint density at radius 3 is 2.66 bits per heavy atom. The Labute approximate surface area is 198 Å². The number of aromatic amines is 1. The van der Waals surface area contributed by atoms with E-state index in [0.29, 0.717) is 46.5 Å². The van der Waals surface area contributed by atoms with Crippen molar-refractivity contribution in [3.05, 3.63) is 36.2 Å². The molecule has 3 aromatic heterocycles. The summed E-state index contributed by atoms with van der Waals surface area (Å²) >= 11 is 0. The predicted molar refractivity (Wildman–Crippen MR) is 126 cm³/mol. The molecule has 6 rings (SSSR count). The van der Waals surface area contributed by atoms with Crippen molar-refractivity contribution in [3.8, 4) is 11.8 Å². The van der Waals surface area contributed by atoms with Crippen LogP contribution in [0.5, 0.6) is 11.8 Å². The van der Waals surface area contributed by atoms with Gasteiger partial charge in [0.05, 0.1) is 29.0 Å². The summed E-state index contributed by atoms with van der Waals surface area (Å²) in [6.45, 7) is 2.54. The second-order valence-electron chi connectivity index (χ2n) is 9.11. The number of halogens is 2. The van der Waals surface area contributed by atoms with Gasteiger partial charge in [0.1, 0.15) is 29.6 Å². The number of anilines is 2. The van der Waals surface area contributed by atoms with Gasteiger partial charge in [-0.3, -0.25) is 0 Å². The molecule has 5 atom stereocenters. The van der Waals surface area contributed by atoms with Crippen LogP contribution in [-0.4, -0.2) is 62.4 Å². The van der Waals surface area contributed by atoms with Gasteiger partial charge in [-0.2, -0.15) is 9.97 Å². The summed E-state index contributed by atoms with van der Waals surface area (Å²) in [6.07, 6.45) is 0.974. The maximum Gasteiger partial charge on any atom is 0.326 e. The molecule has 5 N–H and O–H groups in total. The van der Waals surface area contributed by atoms with Gasteiger partial charge in [0.15, 0.2) is 11.6 Å². The molecule has 0 amide bonds. The zero-order valence-electron chi connectivity index (χ0n) is 19.0. The zero-order chi connectivity index (χ0) is 24.4. The normalized spacial score (nSPS) is 24.5. The van der Waals surface area contributed by atoms with Gasteiger partial charge in [0.2, 0.25) is 0 Å². The summed E-state index contributed by atoms with van der Waals surface area (Å²) in [5.74, 6) is 0.503. The van der Waals surface area contributed by atoms with Crippen LogP contribution in [0.15, 0.2) is 24.5 Å². The number of benzene rings is 1. The molecular formula is C23H24F2N8O2. The summed E-state index contributed by atoms with van der Waals surface area (Å²) in [4.78, 5) is 22.5. The fourth-order valence-corrected chi connectivity index (χ4v) is 5.14. The molecule has 1 aromatic carbocycles. The van der Waals surface area contributed by atoms with Gasteiger partial charge < -0.3 is 30.8 Å². The molecule has 12 heteroatoms. The topological polar surface area (TPSA) is 138 Å². The SMILES string of the molecule is CNc1cc(F)cc2c1[nH]c1nc(Oc3cnc(C(C)O)nc3)nc(N3C[C@@H]4[C@H](N)C(F)[C@@H]4C3)c12. The molecule has 0 radical (unpaired) electrons. The molecule has 2 unspecified atom stereocenters. The first kappa shape index (κ1) is 21.9. The number of nitrogens with two attached hydrogens (primary N) is 1. The third-order valence-electron chi connectivity index (χ3n) is 6.97. The lowest BCUT2D eigenvalue weighted by molar-refractivity contribution is 0.0410. The highest BCUT2D eigenvalue weighted by Crippen LogP contribution is 2.45. The molecule has 2 fully saturated rings. The van der Waals surface area contributed by atoms with Crippen LogP contribution in [0.25, 0.3) is 21.9 Å². The Bertz CT molecular complexity index is 1410. The highest BCUT2D eigenvalue weighted by atomic mass is 19.1. The van der Waals surface area contributed by atoms with Crippen molar-refractivity contribution in [2.24, 2.45) is 17.6 Å². The number of nitrogens with one attached hydrogen (secondary N) is 2. The maximum atomic E-state index is 14.5. The lowest BCUT2D eigenvalue weighted by Gasteiger charge is -2.40. The molecule has 10 nitrogen and oxygen atoms in total. The number of aliphatic hydroxyl groups is 1. The Kier molecular flexibility index (Phi) is 4.97. The molecule has 4 aromatic rings. The monoisotopic (exact) mass is 482 g/mol. The molecule has 1 aliphatic carbocycles. The molecule has 1 aliphatic heterocycles. The van der Waals surface area contributed by atoms with E-state index in [4.69, 9.17) is 10.5 Å². The Balaban J connectivity index is 1.48.